The number of fused-ring (bicyclic) bond motifs is 1. The lowest BCUT2D eigenvalue weighted by molar-refractivity contribution is 0.868. The van der Waals surface area contributed by atoms with E-state index in [0.29, 0.717) is 11.1 Å². The number of pyridine rings is 1. The van der Waals surface area contributed by atoms with Crippen LogP contribution in [0.4, 0.5) is 0 Å². The topological polar surface area (TPSA) is 41.6 Å². The molecule has 0 saturated heterocycles. The Kier molecular flexibility index (Phi) is 2.99. The molecular formula is C15H14ClN3. The van der Waals surface area contributed by atoms with Crippen LogP contribution in [0.5, 0.6) is 0 Å². The molecule has 0 bridgehead atoms. The van der Waals surface area contributed by atoms with Crippen molar-refractivity contribution in [1.82, 2.24) is 15.2 Å². The highest BCUT2D eigenvalue weighted by Gasteiger charge is 2.09. The fourth-order valence-corrected chi connectivity index (χ4v) is 2.41. The molecule has 19 heavy (non-hydrogen) atoms. The van der Waals surface area contributed by atoms with Gasteiger partial charge in [0, 0.05) is 17.1 Å². The van der Waals surface area contributed by atoms with Gasteiger partial charge in [-0.25, -0.2) is 4.98 Å². The summed E-state index contributed by atoms with van der Waals surface area (Å²) in [4.78, 5) is 4.42. The van der Waals surface area contributed by atoms with Gasteiger partial charge in [-0.1, -0.05) is 37.6 Å². The first-order chi connectivity index (χ1) is 9.15. The van der Waals surface area contributed by atoms with Crippen LogP contribution >= 0.6 is 11.6 Å². The minimum atomic E-state index is 0.475. The third-order valence-corrected chi connectivity index (χ3v) is 3.47. The van der Waals surface area contributed by atoms with Gasteiger partial charge >= 0.3 is 0 Å². The molecule has 1 aromatic carbocycles. The van der Waals surface area contributed by atoms with E-state index in [0.717, 1.165) is 22.0 Å². The first-order valence-electron chi connectivity index (χ1n) is 6.24. The predicted molar refractivity (Wildman–Crippen MR) is 78.4 cm³/mol. The standard InChI is InChI=1S/C15H14ClN3/c1-9(2)10-3-4-12-13(11-7-17-18-8-11)6-15(16)19-14(12)5-10/h3-9H,1-2H3,(H,17,18). The number of aromatic nitrogens is 3. The molecular weight excluding hydrogens is 258 g/mol. The second-order valence-corrected chi connectivity index (χ2v) is 5.30. The van der Waals surface area contributed by atoms with Gasteiger partial charge in [0.25, 0.3) is 0 Å². The van der Waals surface area contributed by atoms with Crippen LogP contribution in [0.2, 0.25) is 5.15 Å². The molecule has 0 fully saturated rings. The van der Waals surface area contributed by atoms with Crippen molar-refractivity contribution in [3.8, 4) is 11.1 Å². The predicted octanol–water partition coefficient (Wildman–Crippen LogP) is 4.40. The van der Waals surface area contributed by atoms with E-state index < -0.39 is 0 Å². The lowest BCUT2D eigenvalue weighted by Gasteiger charge is -2.09. The number of nitrogens with one attached hydrogen (secondary N) is 1. The van der Waals surface area contributed by atoms with Crippen molar-refractivity contribution in [2.75, 3.05) is 0 Å². The molecule has 4 heteroatoms. The van der Waals surface area contributed by atoms with Gasteiger partial charge in [-0.05, 0) is 29.2 Å². The molecule has 0 amide bonds. The number of halogens is 1. The second kappa shape index (κ2) is 4.67. The fraction of sp³-hybridized carbons (Fsp3) is 0.200. The molecule has 3 rings (SSSR count). The fourth-order valence-electron chi connectivity index (χ4n) is 2.21. The van der Waals surface area contributed by atoms with E-state index >= 15 is 0 Å². The Morgan fingerprint density at radius 3 is 2.74 bits per heavy atom. The summed E-state index contributed by atoms with van der Waals surface area (Å²) in [6.45, 7) is 4.34. The van der Waals surface area contributed by atoms with Crippen molar-refractivity contribution in [2.45, 2.75) is 19.8 Å². The Balaban J connectivity index is 2.29. The van der Waals surface area contributed by atoms with E-state index in [1.807, 2.05) is 12.3 Å². The number of aromatic amines is 1. The average Bonchev–Trinajstić information content (AvgIpc) is 2.90. The van der Waals surface area contributed by atoms with Crippen molar-refractivity contribution in [2.24, 2.45) is 0 Å². The second-order valence-electron chi connectivity index (χ2n) is 4.91. The minimum Gasteiger partial charge on any atom is -0.285 e. The zero-order valence-electron chi connectivity index (χ0n) is 10.8. The van der Waals surface area contributed by atoms with Crippen LogP contribution in [0, 0.1) is 0 Å². The molecule has 0 atom stereocenters. The summed E-state index contributed by atoms with van der Waals surface area (Å²) >= 11 is 6.13. The molecule has 96 valence electrons. The summed E-state index contributed by atoms with van der Waals surface area (Å²) in [5.41, 5.74) is 4.26. The summed E-state index contributed by atoms with van der Waals surface area (Å²) in [6, 6.07) is 8.24. The van der Waals surface area contributed by atoms with Gasteiger partial charge in [0.15, 0.2) is 0 Å². The first-order valence-corrected chi connectivity index (χ1v) is 6.62. The van der Waals surface area contributed by atoms with E-state index in [2.05, 4.69) is 47.2 Å². The van der Waals surface area contributed by atoms with Gasteiger partial charge in [-0.15, -0.1) is 0 Å². The van der Waals surface area contributed by atoms with Gasteiger partial charge in [0.1, 0.15) is 5.15 Å². The van der Waals surface area contributed by atoms with E-state index in [1.165, 1.54) is 5.56 Å². The van der Waals surface area contributed by atoms with E-state index in [-0.39, 0.29) is 0 Å². The van der Waals surface area contributed by atoms with Crippen LogP contribution in [0.25, 0.3) is 22.0 Å². The molecule has 3 nitrogen and oxygen atoms in total. The monoisotopic (exact) mass is 271 g/mol. The lowest BCUT2D eigenvalue weighted by Crippen LogP contribution is -1.90. The number of hydrogen-bond acceptors (Lipinski definition) is 2. The van der Waals surface area contributed by atoms with Crippen molar-refractivity contribution < 1.29 is 0 Å². The number of benzene rings is 1. The van der Waals surface area contributed by atoms with Crippen LogP contribution in [0.15, 0.2) is 36.7 Å². The van der Waals surface area contributed by atoms with Crippen molar-refractivity contribution in [3.63, 3.8) is 0 Å². The number of rotatable bonds is 2. The van der Waals surface area contributed by atoms with Crippen LogP contribution < -0.4 is 0 Å². The highest BCUT2D eigenvalue weighted by atomic mass is 35.5. The summed E-state index contributed by atoms with van der Waals surface area (Å²) < 4.78 is 0. The molecule has 0 aliphatic heterocycles. The van der Waals surface area contributed by atoms with E-state index in [4.69, 9.17) is 11.6 Å². The van der Waals surface area contributed by atoms with Crippen LogP contribution in [-0.4, -0.2) is 15.2 Å². The summed E-state index contributed by atoms with van der Waals surface area (Å²) in [5.74, 6) is 0.475. The average molecular weight is 272 g/mol. The van der Waals surface area contributed by atoms with E-state index in [9.17, 15) is 0 Å². The molecule has 0 spiro atoms. The van der Waals surface area contributed by atoms with Gasteiger partial charge < -0.3 is 0 Å². The van der Waals surface area contributed by atoms with Gasteiger partial charge in [0.05, 0.1) is 11.7 Å². The molecule has 1 N–H and O–H groups in total. The number of hydrogen-bond donors (Lipinski definition) is 1. The third kappa shape index (κ3) is 2.22. The van der Waals surface area contributed by atoms with Crippen molar-refractivity contribution in [1.29, 1.82) is 0 Å². The lowest BCUT2D eigenvalue weighted by atomic mass is 9.98. The van der Waals surface area contributed by atoms with Crippen molar-refractivity contribution in [3.05, 3.63) is 47.4 Å². The largest absolute Gasteiger partial charge is 0.285 e. The minimum absolute atomic E-state index is 0.475. The maximum Gasteiger partial charge on any atom is 0.130 e. The quantitative estimate of drug-likeness (QED) is 0.702. The molecule has 2 aromatic heterocycles. The highest BCUT2D eigenvalue weighted by molar-refractivity contribution is 6.30. The van der Waals surface area contributed by atoms with Gasteiger partial charge in [-0.3, -0.25) is 5.10 Å². The van der Waals surface area contributed by atoms with Crippen molar-refractivity contribution >= 4 is 22.5 Å². The van der Waals surface area contributed by atoms with Gasteiger partial charge in [-0.2, -0.15) is 5.10 Å². The maximum absolute atomic E-state index is 6.13. The Morgan fingerprint density at radius 1 is 1.21 bits per heavy atom. The number of nitrogens with zero attached hydrogens (tertiary/aromatic N) is 2. The molecule has 0 saturated carbocycles. The maximum atomic E-state index is 6.13. The smallest absolute Gasteiger partial charge is 0.130 e. The zero-order chi connectivity index (χ0) is 13.4. The first kappa shape index (κ1) is 12.2. The summed E-state index contributed by atoms with van der Waals surface area (Å²) in [5, 5.41) is 8.42. The SMILES string of the molecule is CC(C)c1ccc2c(-c3cn[nH]c3)cc(Cl)nc2c1. The summed E-state index contributed by atoms with van der Waals surface area (Å²) in [7, 11) is 0. The zero-order valence-corrected chi connectivity index (χ0v) is 11.6. The van der Waals surface area contributed by atoms with Crippen LogP contribution in [0.3, 0.4) is 0 Å². The normalized spacial score (nSPS) is 11.4. The molecule has 0 unspecified atom stereocenters. The Labute approximate surface area is 116 Å². The Hall–Kier alpha value is -1.87. The highest BCUT2D eigenvalue weighted by Crippen LogP contribution is 2.31. The van der Waals surface area contributed by atoms with Crippen LogP contribution in [0.1, 0.15) is 25.3 Å². The molecule has 0 radical (unpaired) electrons. The third-order valence-electron chi connectivity index (χ3n) is 3.28. The van der Waals surface area contributed by atoms with Crippen LogP contribution in [-0.2, 0) is 0 Å². The summed E-state index contributed by atoms with van der Waals surface area (Å²) in [6.07, 6.45) is 3.66. The number of H-pyrrole nitrogens is 1. The Morgan fingerprint density at radius 2 is 2.05 bits per heavy atom. The van der Waals surface area contributed by atoms with Gasteiger partial charge in [0.2, 0.25) is 0 Å². The molecule has 2 heterocycles. The van der Waals surface area contributed by atoms with E-state index in [1.54, 1.807) is 6.20 Å². The Bertz CT molecular complexity index is 718. The molecule has 0 aliphatic rings. The molecule has 3 aromatic rings. The molecule has 0 aliphatic carbocycles.